The van der Waals surface area contributed by atoms with Gasteiger partial charge in [0.1, 0.15) is 16.1 Å². The molecule has 0 unspecified atom stereocenters. The third-order valence-electron chi connectivity index (χ3n) is 2.69. The average molecular weight is 297 g/mol. The molecule has 0 aliphatic carbocycles. The molecule has 0 amide bonds. The fourth-order valence-corrected chi connectivity index (χ4v) is 2.43. The van der Waals surface area contributed by atoms with Gasteiger partial charge in [-0.25, -0.2) is 9.97 Å². The van der Waals surface area contributed by atoms with Crippen molar-refractivity contribution in [1.29, 1.82) is 0 Å². The van der Waals surface area contributed by atoms with Gasteiger partial charge in [0.15, 0.2) is 5.82 Å². The number of hydrogen-bond donors (Lipinski definition) is 0. The molecule has 0 radical (unpaired) electrons. The van der Waals surface area contributed by atoms with Crippen LogP contribution in [0.4, 0.5) is 0 Å². The maximum Gasteiger partial charge on any atom is 0.166 e. The van der Waals surface area contributed by atoms with Crippen LogP contribution in [0.1, 0.15) is 19.4 Å². The van der Waals surface area contributed by atoms with Crippen molar-refractivity contribution in [3.05, 3.63) is 40.1 Å². The molecule has 0 aliphatic heterocycles. The van der Waals surface area contributed by atoms with Gasteiger partial charge in [0.25, 0.3) is 0 Å². The van der Waals surface area contributed by atoms with Gasteiger partial charge in [-0.2, -0.15) is 0 Å². The maximum absolute atomic E-state index is 6.14. The van der Waals surface area contributed by atoms with E-state index < -0.39 is 0 Å². The quantitative estimate of drug-likeness (QED) is 0.784. The van der Waals surface area contributed by atoms with Crippen LogP contribution in [-0.2, 0) is 6.42 Å². The first-order valence-electron chi connectivity index (χ1n) is 6.11. The first-order chi connectivity index (χ1) is 9.17. The lowest BCUT2D eigenvalue weighted by atomic mass is 10.2. The minimum atomic E-state index is 0.392. The highest BCUT2D eigenvalue weighted by molar-refractivity contribution is 6.34. The molecule has 0 spiro atoms. The van der Waals surface area contributed by atoms with Crippen LogP contribution in [0.15, 0.2) is 24.3 Å². The lowest BCUT2D eigenvalue weighted by Crippen LogP contribution is -1.99. The summed E-state index contributed by atoms with van der Waals surface area (Å²) in [4.78, 5) is 8.62. The molecule has 1 aromatic carbocycles. The Morgan fingerprint density at radius 2 is 1.68 bits per heavy atom. The van der Waals surface area contributed by atoms with E-state index in [4.69, 9.17) is 27.9 Å². The van der Waals surface area contributed by atoms with Gasteiger partial charge in [0, 0.05) is 5.56 Å². The summed E-state index contributed by atoms with van der Waals surface area (Å²) < 4.78 is 5.56. The molecule has 0 fully saturated rings. The SMILES string of the molecule is CCOc1ccccc1-c1nc(Cl)c(CC)c(Cl)n1. The Morgan fingerprint density at radius 3 is 2.26 bits per heavy atom. The number of rotatable bonds is 4. The zero-order valence-electron chi connectivity index (χ0n) is 10.8. The van der Waals surface area contributed by atoms with E-state index in [-0.39, 0.29) is 0 Å². The van der Waals surface area contributed by atoms with Gasteiger partial charge in [-0.15, -0.1) is 0 Å². The number of aromatic nitrogens is 2. The molecular weight excluding hydrogens is 283 g/mol. The van der Waals surface area contributed by atoms with Crippen molar-refractivity contribution in [3.63, 3.8) is 0 Å². The van der Waals surface area contributed by atoms with E-state index in [2.05, 4.69) is 9.97 Å². The first-order valence-corrected chi connectivity index (χ1v) is 6.87. The zero-order chi connectivity index (χ0) is 13.8. The van der Waals surface area contributed by atoms with Crippen molar-refractivity contribution in [3.8, 4) is 17.1 Å². The number of halogens is 2. The fraction of sp³-hybridized carbons (Fsp3) is 0.286. The average Bonchev–Trinajstić information content (AvgIpc) is 2.39. The topological polar surface area (TPSA) is 35.0 Å². The van der Waals surface area contributed by atoms with Crippen LogP contribution in [-0.4, -0.2) is 16.6 Å². The van der Waals surface area contributed by atoms with Gasteiger partial charge in [-0.1, -0.05) is 42.3 Å². The highest BCUT2D eigenvalue weighted by atomic mass is 35.5. The maximum atomic E-state index is 6.14. The summed E-state index contributed by atoms with van der Waals surface area (Å²) in [7, 11) is 0. The fourth-order valence-electron chi connectivity index (χ4n) is 1.78. The van der Waals surface area contributed by atoms with E-state index in [0.717, 1.165) is 16.9 Å². The second-order valence-corrected chi connectivity index (χ2v) is 4.61. The van der Waals surface area contributed by atoms with Gasteiger partial charge >= 0.3 is 0 Å². The molecule has 0 aliphatic rings. The highest BCUT2D eigenvalue weighted by Crippen LogP contribution is 2.31. The summed E-state index contributed by atoms with van der Waals surface area (Å²) in [5.41, 5.74) is 1.55. The van der Waals surface area contributed by atoms with Crippen LogP contribution in [0.2, 0.25) is 10.3 Å². The highest BCUT2D eigenvalue weighted by Gasteiger charge is 2.14. The van der Waals surface area contributed by atoms with Gasteiger partial charge in [-0.3, -0.25) is 0 Å². The number of para-hydroxylation sites is 1. The Kier molecular flexibility index (Phi) is 4.61. The monoisotopic (exact) mass is 296 g/mol. The summed E-state index contributed by atoms with van der Waals surface area (Å²) in [6.45, 7) is 4.47. The van der Waals surface area contributed by atoms with E-state index in [1.165, 1.54) is 0 Å². The number of hydrogen-bond acceptors (Lipinski definition) is 3. The van der Waals surface area contributed by atoms with Crippen LogP contribution in [0.25, 0.3) is 11.4 Å². The molecule has 1 heterocycles. The summed E-state index contributed by atoms with van der Waals surface area (Å²) in [5.74, 6) is 1.21. The van der Waals surface area contributed by atoms with E-state index >= 15 is 0 Å². The molecule has 1 aromatic heterocycles. The van der Waals surface area contributed by atoms with Crippen molar-refractivity contribution >= 4 is 23.2 Å². The van der Waals surface area contributed by atoms with Crippen molar-refractivity contribution in [1.82, 2.24) is 9.97 Å². The standard InChI is InChI=1S/C14H14Cl2N2O/c1-3-9-12(15)17-14(18-13(9)16)10-7-5-6-8-11(10)19-4-2/h5-8H,3-4H2,1-2H3. The molecule has 100 valence electrons. The van der Waals surface area contributed by atoms with Crippen LogP contribution in [0.3, 0.4) is 0 Å². The van der Waals surface area contributed by atoms with E-state index in [9.17, 15) is 0 Å². The Morgan fingerprint density at radius 1 is 1.05 bits per heavy atom. The molecule has 2 rings (SSSR count). The summed E-state index contributed by atoms with van der Waals surface area (Å²) >= 11 is 12.3. The largest absolute Gasteiger partial charge is 0.493 e. The summed E-state index contributed by atoms with van der Waals surface area (Å²) in [6, 6.07) is 7.56. The van der Waals surface area contributed by atoms with Gasteiger partial charge < -0.3 is 4.74 Å². The minimum Gasteiger partial charge on any atom is -0.493 e. The van der Waals surface area contributed by atoms with Crippen LogP contribution in [0.5, 0.6) is 5.75 Å². The minimum absolute atomic E-state index is 0.392. The number of nitrogens with zero attached hydrogens (tertiary/aromatic N) is 2. The number of benzene rings is 1. The van der Waals surface area contributed by atoms with E-state index in [1.807, 2.05) is 38.1 Å². The van der Waals surface area contributed by atoms with Gasteiger partial charge in [-0.05, 0) is 25.5 Å². The molecule has 19 heavy (non-hydrogen) atoms. The lowest BCUT2D eigenvalue weighted by molar-refractivity contribution is 0.341. The molecule has 5 heteroatoms. The molecule has 0 saturated heterocycles. The third-order valence-corrected chi connectivity index (χ3v) is 3.31. The van der Waals surface area contributed by atoms with Crippen molar-refractivity contribution in [2.45, 2.75) is 20.3 Å². The smallest absolute Gasteiger partial charge is 0.166 e. The molecule has 2 aromatic rings. The third kappa shape index (κ3) is 2.99. The number of ether oxygens (including phenoxy) is 1. The Hall–Kier alpha value is -1.32. The molecule has 0 bridgehead atoms. The normalized spacial score (nSPS) is 10.5. The van der Waals surface area contributed by atoms with Crippen molar-refractivity contribution in [2.24, 2.45) is 0 Å². The lowest BCUT2D eigenvalue weighted by Gasteiger charge is -2.10. The molecular formula is C14H14Cl2N2O. The second kappa shape index (κ2) is 6.22. The Balaban J connectivity index is 2.53. The molecule has 0 saturated carbocycles. The predicted octanol–water partition coefficient (Wildman–Crippen LogP) is 4.41. The van der Waals surface area contributed by atoms with Crippen LogP contribution < -0.4 is 4.74 Å². The summed E-state index contributed by atoms with van der Waals surface area (Å²) in [6.07, 6.45) is 0.699. The predicted molar refractivity (Wildman–Crippen MR) is 78.0 cm³/mol. The Labute approximate surface area is 122 Å². The van der Waals surface area contributed by atoms with Crippen molar-refractivity contribution in [2.75, 3.05) is 6.61 Å². The zero-order valence-corrected chi connectivity index (χ0v) is 12.3. The van der Waals surface area contributed by atoms with E-state index in [1.54, 1.807) is 0 Å². The van der Waals surface area contributed by atoms with Crippen molar-refractivity contribution < 1.29 is 4.74 Å². The van der Waals surface area contributed by atoms with Crippen LogP contribution >= 0.6 is 23.2 Å². The summed E-state index contributed by atoms with van der Waals surface area (Å²) in [5, 5.41) is 0.785. The molecule has 0 N–H and O–H groups in total. The Bertz CT molecular complexity index is 564. The second-order valence-electron chi connectivity index (χ2n) is 3.89. The van der Waals surface area contributed by atoms with Gasteiger partial charge in [0.05, 0.1) is 12.2 Å². The first kappa shape index (κ1) is 14.1. The van der Waals surface area contributed by atoms with Crippen LogP contribution in [0, 0.1) is 0 Å². The van der Waals surface area contributed by atoms with E-state index in [0.29, 0.717) is 29.2 Å². The molecule has 3 nitrogen and oxygen atoms in total. The molecule has 0 atom stereocenters. The van der Waals surface area contributed by atoms with Gasteiger partial charge in [0.2, 0.25) is 0 Å².